The van der Waals surface area contributed by atoms with E-state index in [-0.39, 0.29) is 5.69 Å². The first-order chi connectivity index (χ1) is 13.6. The highest BCUT2D eigenvalue weighted by Gasteiger charge is 2.23. The first-order valence-electron chi connectivity index (χ1n) is 8.68. The molecule has 1 atom stereocenters. The number of pyridine rings is 1. The van der Waals surface area contributed by atoms with Crippen LogP contribution in [0.15, 0.2) is 71.2 Å². The lowest BCUT2D eigenvalue weighted by atomic mass is 9.98. The number of esters is 1. The van der Waals surface area contributed by atoms with Gasteiger partial charge >= 0.3 is 5.97 Å². The van der Waals surface area contributed by atoms with Crippen molar-refractivity contribution in [1.29, 1.82) is 0 Å². The summed E-state index contributed by atoms with van der Waals surface area (Å²) < 4.78 is 5.68. The summed E-state index contributed by atoms with van der Waals surface area (Å²) in [5, 5.41) is 12.1. The van der Waals surface area contributed by atoms with Gasteiger partial charge in [0.05, 0.1) is 18.5 Å². The van der Waals surface area contributed by atoms with Crippen LogP contribution in [0, 0.1) is 0 Å². The van der Waals surface area contributed by atoms with Crippen molar-refractivity contribution >= 4 is 32.8 Å². The van der Waals surface area contributed by atoms with Crippen molar-refractivity contribution in [2.24, 2.45) is 0 Å². The number of benzene rings is 2. The molecule has 0 aliphatic rings. The minimum Gasteiger partial charge on any atom is -0.464 e. The van der Waals surface area contributed by atoms with Gasteiger partial charge in [0, 0.05) is 20.9 Å². The van der Waals surface area contributed by atoms with E-state index < -0.39 is 12.1 Å². The average Bonchev–Trinajstić information content (AvgIpc) is 3.11. The molecule has 0 radical (unpaired) electrons. The molecule has 4 aromatic rings. The lowest BCUT2D eigenvalue weighted by Crippen LogP contribution is -2.09. The van der Waals surface area contributed by atoms with Gasteiger partial charge in [0.1, 0.15) is 11.8 Å². The zero-order chi connectivity index (χ0) is 19.7. The van der Waals surface area contributed by atoms with Crippen molar-refractivity contribution in [2.75, 3.05) is 7.11 Å². The summed E-state index contributed by atoms with van der Waals surface area (Å²) >= 11 is 3.49. The van der Waals surface area contributed by atoms with Crippen LogP contribution in [0.3, 0.4) is 0 Å². The fourth-order valence-electron chi connectivity index (χ4n) is 3.28. The highest BCUT2D eigenvalue weighted by atomic mass is 79.9. The molecule has 0 saturated carbocycles. The number of carbonyl (C=O) groups excluding carboxylic acids is 1. The molecule has 2 aromatic heterocycles. The molecule has 6 heteroatoms. The van der Waals surface area contributed by atoms with Crippen LogP contribution in [0.1, 0.15) is 27.8 Å². The molecule has 0 bridgehead atoms. The Hall–Kier alpha value is -2.96. The Morgan fingerprint density at radius 3 is 2.64 bits per heavy atom. The van der Waals surface area contributed by atoms with Gasteiger partial charge in [-0.2, -0.15) is 0 Å². The Kier molecular flexibility index (Phi) is 4.98. The van der Waals surface area contributed by atoms with Gasteiger partial charge < -0.3 is 14.8 Å². The smallest absolute Gasteiger partial charge is 0.356 e. The Bertz CT molecular complexity index is 1160. The summed E-state index contributed by atoms with van der Waals surface area (Å²) in [5.41, 5.74) is 3.90. The molecule has 140 valence electrons. The molecular formula is C22H17BrN2O3. The number of H-pyrrole nitrogens is 1. The Balaban J connectivity index is 1.91. The number of ether oxygens (including phenoxy) is 1. The standard InChI is InChI=1S/C22H17BrN2O3/c1-28-22(27)17-9-5-8-16(24-17)21(26)19-15-11-10-14(23)12-18(15)25-20(19)13-6-3-2-4-7-13/h2-12,21,25-26H,1H3. The fraction of sp³-hybridized carbons (Fsp3) is 0.0909. The van der Waals surface area contributed by atoms with E-state index >= 15 is 0 Å². The van der Waals surface area contributed by atoms with Crippen LogP contribution < -0.4 is 0 Å². The van der Waals surface area contributed by atoms with E-state index in [0.717, 1.165) is 26.6 Å². The number of aromatic amines is 1. The molecule has 0 aliphatic heterocycles. The van der Waals surface area contributed by atoms with Gasteiger partial charge in [-0.1, -0.05) is 58.4 Å². The van der Waals surface area contributed by atoms with Gasteiger partial charge in [-0.3, -0.25) is 0 Å². The van der Waals surface area contributed by atoms with Gasteiger partial charge in [-0.25, -0.2) is 9.78 Å². The van der Waals surface area contributed by atoms with Crippen LogP contribution >= 0.6 is 15.9 Å². The van der Waals surface area contributed by atoms with Crippen molar-refractivity contribution in [3.05, 3.63) is 88.2 Å². The van der Waals surface area contributed by atoms with Crippen LogP contribution in [-0.2, 0) is 4.74 Å². The number of nitrogens with zero attached hydrogens (tertiary/aromatic N) is 1. The van der Waals surface area contributed by atoms with E-state index in [1.165, 1.54) is 7.11 Å². The van der Waals surface area contributed by atoms with Crippen molar-refractivity contribution in [2.45, 2.75) is 6.10 Å². The van der Waals surface area contributed by atoms with Crippen LogP contribution in [0.2, 0.25) is 0 Å². The summed E-state index contributed by atoms with van der Waals surface area (Å²) in [7, 11) is 1.30. The molecule has 2 aromatic carbocycles. The first kappa shape index (κ1) is 18.4. The number of hydrogen-bond donors (Lipinski definition) is 2. The van der Waals surface area contributed by atoms with E-state index in [1.54, 1.807) is 18.2 Å². The second-order valence-electron chi connectivity index (χ2n) is 6.31. The van der Waals surface area contributed by atoms with E-state index in [1.807, 2.05) is 48.5 Å². The summed E-state index contributed by atoms with van der Waals surface area (Å²) in [6.45, 7) is 0. The number of carbonyl (C=O) groups is 1. The lowest BCUT2D eigenvalue weighted by Gasteiger charge is -2.13. The maximum absolute atomic E-state index is 11.8. The van der Waals surface area contributed by atoms with E-state index in [2.05, 4.69) is 25.9 Å². The van der Waals surface area contributed by atoms with E-state index in [4.69, 9.17) is 4.74 Å². The predicted octanol–water partition coefficient (Wildman–Crippen LogP) is 4.86. The molecular weight excluding hydrogens is 420 g/mol. The molecule has 0 aliphatic carbocycles. The molecule has 4 rings (SSSR count). The molecule has 28 heavy (non-hydrogen) atoms. The zero-order valence-electron chi connectivity index (χ0n) is 15.0. The predicted molar refractivity (Wildman–Crippen MR) is 111 cm³/mol. The molecule has 0 spiro atoms. The highest BCUT2D eigenvalue weighted by molar-refractivity contribution is 9.10. The molecule has 0 amide bonds. The third-order valence-corrected chi connectivity index (χ3v) is 5.08. The topological polar surface area (TPSA) is 75.2 Å². The summed E-state index contributed by atoms with van der Waals surface area (Å²) in [6.07, 6.45) is -1.02. The number of fused-ring (bicyclic) bond motifs is 1. The number of aliphatic hydroxyl groups is 1. The molecule has 2 heterocycles. The summed E-state index contributed by atoms with van der Waals surface area (Å²) in [4.78, 5) is 19.6. The largest absolute Gasteiger partial charge is 0.464 e. The number of aromatic nitrogens is 2. The Morgan fingerprint density at radius 2 is 1.89 bits per heavy atom. The molecule has 0 fully saturated rings. The Labute approximate surface area is 170 Å². The quantitative estimate of drug-likeness (QED) is 0.447. The van der Waals surface area contributed by atoms with Gasteiger partial charge in [0.15, 0.2) is 0 Å². The number of hydrogen-bond acceptors (Lipinski definition) is 4. The number of nitrogens with one attached hydrogen (secondary N) is 1. The number of halogens is 1. The number of aliphatic hydroxyl groups excluding tert-OH is 1. The maximum atomic E-state index is 11.8. The molecule has 0 saturated heterocycles. The first-order valence-corrected chi connectivity index (χ1v) is 9.47. The maximum Gasteiger partial charge on any atom is 0.356 e. The van der Waals surface area contributed by atoms with Crippen molar-refractivity contribution < 1.29 is 14.6 Å². The van der Waals surface area contributed by atoms with Crippen molar-refractivity contribution in [3.8, 4) is 11.3 Å². The van der Waals surface area contributed by atoms with Crippen molar-refractivity contribution in [1.82, 2.24) is 9.97 Å². The number of methoxy groups -OCH3 is 1. The lowest BCUT2D eigenvalue weighted by molar-refractivity contribution is 0.0593. The van der Waals surface area contributed by atoms with E-state index in [0.29, 0.717) is 11.3 Å². The Morgan fingerprint density at radius 1 is 1.11 bits per heavy atom. The molecule has 2 N–H and O–H groups in total. The van der Waals surface area contributed by atoms with Gasteiger partial charge in [-0.15, -0.1) is 0 Å². The second kappa shape index (κ2) is 7.58. The third kappa shape index (κ3) is 3.32. The van der Waals surface area contributed by atoms with E-state index in [9.17, 15) is 9.90 Å². The summed E-state index contributed by atoms with van der Waals surface area (Å²) in [6, 6.07) is 20.6. The number of rotatable bonds is 4. The second-order valence-corrected chi connectivity index (χ2v) is 7.23. The fourth-order valence-corrected chi connectivity index (χ4v) is 3.64. The van der Waals surface area contributed by atoms with Crippen LogP contribution in [-0.4, -0.2) is 28.2 Å². The minimum absolute atomic E-state index is 0.155. The minimum atomic E-state index is -1.02. The zero-order valence-corrected chi connectivity index (χ0v) is 16.6. The third-order valence-electron chi connectivity index (χ3n) is 4.58. The normalized spacial score (nSPS) is 12.1. The van der Waals surface area contributed by atoms with Gasteiger partial charge in [0.25, 0.3) is 0 Å². The SMILES string of the molecule is COC(=O)c1cccc(C(O)c2c(-c3ccccc3)[nH]c3cc(Br)ccc23)n1. The van der Waals surface area contributed by atoms with Crippen LogP contribution in [0.4, 0.5) is 0 Å². The average molecular weight is 437 g/mol. The van der Waals surface area contributed by atoms with Gasteiger partial charge in [-0.05, 0) is 29.8 Å². The van der Waals surface area contributed by atoms with Crippen LogP contribution in [0.25, 0.3) is 22.2 Å². The highest BCUT2D eigenvalue weighted by Crippen LogP contribution is 2.37. The molecule has 1 unspecified atom stereocenters. The van der Waals surface area contributed by atoms with Crippen molar-refractivity contribution in [3.63, 3.8) is 0 Å². The summed E-state index contributed by atoms with van der Waals surface area (Å²) in [5.74, 6) is -0.541. The molecule has 5 nitrogen and oxygen atoms in total. The van der Waals surface area contributed by atoms with Gasteiger partial charge in [0.2, 0.25) is 0 Å². The van der Waals surface area contributed by atoms with Crippen LogP contribution in [0.5, 0.6) is 0 Å². The monoisotopic (exact) mass is 436 g/mol.